The molecule has 7 nitrogen and oxygen atoms in total. The molecule has 0 radical (unpaired) electrons. The number of benzene rings is 3. The van der Waals surface area contributed by atoms with Gasteiger partial charge in [0.1, 0.15) is 17.9 Å². The highest BCUT2D eigenvalue weighted by atomic mass is 16.5. The Kier molecular flexibility index (Phi) is 6.09. The molecule has 0 saturated carbocycles. The maximum atomic E-state index is 11.2. The summed E-state index contributed by atoms with van der Waals surface area (Å²) in [5.41, 5.74) is 11.7. The third-order valence-corrected chi connectivity index (χ3v) is 5.10. The molecule has 0 amide bonds. The first kappa shape index (κ1) is 21.4. The van der Waals surface area contributed by atoms with E-state index in [1.54, 1.807) is 18.2 Å². The SMILES string of the molecule is CN(C)c1nc2cc(COc3ccccc3CC(=O)O)cc(-c3cccc(CN)c3)c2o1. The number of anilines is 1. The van der Waals surface area contributed by atoms with Crippen molar-refractivity contribution in [3.05, 3.63) is 77.4 Å². The van der Waals surface area contributed by atoms with Crippen LogP contribution in [0.1, 0.15) is 16.7 Å². The van der Waals surface area contributed by atoms with E-state index in [4.69, 9.17) is 20.0 Å². The van der Waals surface area contributed by atoms with Crippen LogP contribution in [0.15, 0.2) is 65.1 Å². The zero-order valence-electron chi connectivity index (χ0n) is 18.0. The van der Waals surface area contributed by atoms with E-state index in [9.17, 15) is 4.79 Å². The second-order valence-corrected chi connectivity index (χ2v) is 7.75. The maximum Gasteiger partial charge on any atom is 0.307 e. The van der Waals surface area contributed by atoms with Gasteiger partial charge < -0.3 is 24.9 Å². The first-order chi connectivity index (χ1) is 15.4. The molecule has 0 atom stereocenters. The van der Waals surface area contributed by atoms with Crippen LogP contribution in [0.5, 0.6) is 5.75 Å². The maximum absolute atomic E-state index is 11.2. The number of nitrogens with zero attached hydrogens (tertiary/aromatic N) is 2. The van der Waals surface area contributed by atoms with Crippen LogP contribution >= 0.6 is 0 Å². The molecule has 0 aliphatic heterocycles. The average molecular weight is 431 g/mol. The summed E-state index contributed by atoms with van der Waals surface area (Å²) < 4.78 is 12.1. The molecule has 1 aromatic heterocycles. The Morgan fingerprint density at radius 2 is 1.91 bits per heavy atom. The minimum Gasteiger partial charge on any atom is -0.489 e. The quantitative estimate of drug-likeness (QED) is 0.430. The Balaban J connectivity index is 1.73. The van der Waals surface area contributed by atoms with Crippen LogP contribution in [0.25, 0.3) is 22.2 Å². The molecule has 0 saturated heterocycles. The summed E-state index contributed by atoms with van der Waals surface area (Å²) >= 11 is 0. The number of ether oxygens (including phenoxy) is 1. The first-order valence-corrected chi connectivity index (χ1v) is 10.3. The largest absolute Gasteiger partial charge is 0.489 e. The standard InChI is InChI=1S/C25H25N3O4/c1-28(2)25-27-21-12-17(15-31-22-9-4-3-7-19(22)13-23(29)30)11-20(24(21)32-25)18-8-5-6-16(10-18)14-26/h3-12H,13-15,26H2,1-2H3,(H,29,30). The summed E-state index contributed by atoms with van der Waals surface area (Å²) in [5.74, 6) is -0.348. The summed E-state index contributed by atoms with van der Waals surface area (Å²) in [6.07, 6.45) is -0.0954. The van der Waals surface area contributed by atoms with Gasteiger partial charge in [-0.25, -0.2) is 0 Å². The second kappa shape index (κ2) is 9.11. The molecule has 4 rings (SSSR count). The van der Waals surface area contributed by atoms with Gasteiger partial charge in [-0.1, -0.05) is 36.4 Å². The second-order valence-electron chi connectivity index (χ2n) is 7.75. The molecule has 1 heterocycles. The predicted octanol–water partition coefficient (Wildman–Crippen LogP) is 4.23. The van der Waals surface area contributed by atoms with Gasteiger partial charge in [-0.3, -0.25) is 4.79 Å². The van der Waals surface area contributed by atoms with Gasteiger partial charge in [0, 0.05) is 31.8 Å². The number of aromatic nitrogens is 1. The number of carboxylic acid groups (broad SMARTS) is 1. The van der Waals surface area contributed by atoms with Gasteiger partial charge in [0.25, 0.3) is 6.01 Å². The number of rotatable bonds is 8. The van der Waals surface area contributed by atoms with Gasteiger partial charge in [0.05, 0.1) is 6.42 Å². The van der Waals surface area contributed by atoms with Crippen molar-refractivity contribution < 1.29 is 19.1 Å². The highest BCUT2D eigenvalue weighted by Crippen LogP contribution is 2.34. The van der Waals surface area contributed by atoms with Crippen molar-refractivity contribution in [3.63, 3.8) is 0 Å². The fourth-order valence-electron chi connectivity index (χ4n) is 3.55. The van der Waals surface area contributed by atoms with Crippen molar-refractivity contribution in [1.82, 2.24) is 4.98 Å². The molecular weight excluding hydrogens is 406 g/mol. The fourth-order valence-corrected chi connectivity index (χ4v) is 3.55. The minimum absolute atomic E-state index is 0.0954. The van der Waals surface area contributed by atoms with Crippen LogP contribution in [0.4, 0.5) is 6.01 Å². The average Bonchev–Trinajstić information content (AvgIpc) is 3.22. The molecule has 4 aromatic rings. The summed E-state index contributed by atoms with van der Waals surface area (Å²) in [4.78, 5) is 17.6. The number of aliphatic carboxylic acids is 1. The van der Waals surface area contributed by atoms with Crippen LogP contribution < -0.4 is 15.4 Å². The zero-order valence-corrected chi connectivity index (χ0v) is 18.0. The highest BCUT2D eigenvalue weighted by Gasteiger charge is 2.16. The normalized spacial score (nSPS) is 11.0. The Bertz CT molecular complexity index is 1260. The van der Waals surface area contributed by atoms with E-state index in [1.165, 1.54) is 0 Å². The Hall–Kier alpha value is -3.84. The van der Waals surface area contributed by atoms with Gasteiger partial charge in [0.2, 0.25) is 0 Å². The van der Waals surface area contributed by atoms with Crippen molar-refractivity contribution in [2.45, 2.75) is 19.6 Å². The van der Waals surface area contributed by atoms with E-state index < -0.39 is 5.97 Å². The van der Waals surface area contributed by atoms with E-state index in [0.29, 0.717) is 29.5 Å². The third-order valence-electron chi connectivity index (χ3n) is 5.10. The molecule has 3 N–H and O–H groups in total. The molecule has 164 valence electrons. The van der Waals surface area contributed by atoms with Crippen LogP contribution in [-0.4, -0.2) is 30.2 Å². The molecule has 0 spiro atoms. The number of hydrogen-bond donors (Lipinski definition) is 2. The van der Waals surface area contributed by atoms with Gasteiger partial charge in [-0.05, 0) is 41.0 Å². The van der Waals surface area contributed by atoms with Crippen LogP contribution in [0.3, 0.4) is 0 Å². The monoisotopic (exact) mass is 431 g/mol. The fraction of sp³-hybridized carbons (Fsp3) is 0.200. The van der Waals surface area contributed by atoms with Crippen LogP contribution in [-0.2, 0) is 24.4 Å². The Morgan fingerprint density at radius 1 is 1.09 bits per heavy atom. The highest BCUT2D eigenvalue weighted by molar-refractivity contribution is 5.92. The van der Waals surface area contributed by atoms with Crippen molar-refractivity contribution in [2.24, 2.45) is 5.73 Å². The number of nitrogens with two attached hydrogens (primary N) is 1. The predicted molar refractivity (Wildman–Crippen MR) is 124 cm³/mol. The summed E-state index contributed by atoms with van der Waals surface area (Å²) in [5, 5.41) is 9.16. The molecule has 3 aromatic carbocycles. The Labute approximate surface area is 186 Å². The van der Waals surface area contributed by atoms with Crippen LogP contribution in [0.2, 0.25) is 0 Å². The summed E-state index contributed by atoms with van der Waals surface area (Å²) in [6.45, 7) is 0.708. The molecule has 7 heteroatoms. The lowest BCUT2D eigenvalue weighted by Crippen LogP contribution is -2.08. The van der Waals surface area contributed by atoms with Crippen molar-refractivity contribution in [1.29, 1.82) is 0 Å². The lowest BCUT2D eigenvalue weighted by Gasteiger charge is -2.12. The van der Waals surface area contributed by atoms with E-state index in [0.717, 1.165) is 27.8 Å². The molecule has 0 aliphatic rings. The van der Waals surface area contributed by atoms with Crippen molar-refractivity contribution in [2.75, 3.05) is 19.0 Å². The molecule has 0 aliphatic carbocycles. The van der Waals surface area contributed by atoms with Crippen LogP contribution in [0, 0.1) is 0 Å². The zero-order chi connectivity index (χ0) is 22.7. The summed E-state index contributed by atoms with van der Waals surface area (Å²) in [7, 11) is 3.76. The molecule has 0 unspecified atom stereocenters. The number of carbonyl (C=O) groups is 1. The third kappa shape index (κ3) is 4.58. The van der Waals surface area contributed by atoms with E-state index >= 15 is 0 Å². The van der Waals surface area contributed by atoms with Gasteiger partial charge in [-0.15, -0.1) is 0 Å². The lowest BCUT2D eigenvalue weighted by molar-refractivity contribution is -0.136. The van der Waals surface area contributed by atoms with Gasteiger partial charge >= 0.3 is 5.97 Å². The van der Waals surface area contributed by atoms with E-state index in [1.807, 2.05) is 61.5 Å². The number of carboxylic acids is 1. The molecule has 0 fully saturated rings. The van der Waals surface area contributed by atoms with Gasteiger partial charge in [-0.2, -0.15) is 4.98 Å². The Morgan fingerprint density at radius 3 is 2.66 bits per heavy atom. The van der Waals surface area contributed by atoms with Gasteiger partial charge in [0.15, 0.2) is 5.58 Å². The minimum atomic E-state index is -0.900. The van der Waals surface area contributed by atoms with E-state index in [-0.39, 0.29) is 13.0 Å². The number of oxazole rings is 1. The molecular formula is C25H25N3O4. The molecule has 0 bridgehead atoms. The number of para-hydroxylation sites is 1. The topological polar surface area (TPSA) is 102 Å². The van der Waals surface area contributed by atoms with Crippen molar-refractivity contribution in [3.8, 4) is 16.9 Å². The van der Waals surface area contributed by atoms with E-state index in [2.05, 4.69) is 4.98 Å². The summed E-state index contributed by atoms with van der Waals surface area (Å²) in [6, 6.07) is 19.6. The number of hydrogen-bond acceptors (Lipinski definition) is 6. The lowest BCUT2D eigenvalue weighted by atomic mass is 10.00. The smallest absolute Gasteiger partial charge is 0.307 e. The molecule has 32 heavy (non-hydrogen) atoms. The van der Waals surface area contributed by atoms with Crippen molar-refractivity contribution >= 4 is 23.1 Å². The number of fused-ring (bicyclic) bond motifs is 1. The first-order valence-electron chi connectivity index (χ1n) is 10.3.